The molecule has 1 aliphatic heterocycles. The Morgan fingerprint density at radius 1 is 1.30 bits per heavy atom. The molecule has 0 fully saturated rings. The fourth-order valence-electron chi connectivity index (χ4n) is 2.76. The molecule has 0 atom stereocenters. The van der Waals surface area contributed by atoms with Crippen molar-refractivity contribution in [3.63, 3.8) is 0 Å². The second kappa shape index (κ2) is 8.19. The van der Waals surface area contributed by atoms with E-state index in [9.17, 15) is 4.79 Å². The van der Waals surface area contributed by atoms with Crippen LogP contribution in [0, 0.1) is 24.2 Å². The molecule has 0 saturated heterocycles. The number of hydrogen-bond acceptors (Lipinski definition) is 5. The molecule has 0 aliphatic carbocycles. The summed E-state index contributed by atoms with van der Waals surface area (Å²) in [4.78, 5) is 12.4. The van der Waals surface area contributed by atoms with E-state index in [1.165, 1.54) is 0 Å². The maximum Gasteiger partial charge on any atom is 0.209 e. The number of hydrogen-bond donors (Lipinski definition) is 4. The van der Waals surface area contributed by atoms with E-state index in [-0.39, 0.29) is 11.6 Å². The van der Waals surface area contributed by atoms with Gasteiger partial charge in [0.2, 0.25) is 5.78 Å². The van der Waals surface area contributed by atoms with Gasteiger partial charge >= 0.3 is 0 Å². The molecule has 0 unspecified atom stereocenters. The molecule has 0 amide bonds. The third-order valence-electron chi connectivity index (χ3n) is 4.23. The number of carbonyl (C=O) groups is 1. The van der Waals surface area contributed by atoms with Gasteiger partial charge in [-0.1, -0.05) is 11.8 Å². The number of hydrazone groups is 1. The number of nitrogen functional groups attached to an aromatic ring is 1. The number of benzene rings is 2. The van der Waals surface area contributed by atoms with Crippen molar-refractivity contribution in [2.24, 2.45) is 10.8 Å². The lowest BCUT2D eigenvalue weighted by molar-refractivity contribution is 0.106. The number of aryl methyl sites for hydroxylation is 1. The first-order valence-electron chi connectivity index (χ1n) is 8.66. The summed E-state index contributed by atoms with van der Waals surface area (Å²) in [6, 6.07) is 12.9. The number of Topliss-reactive ketones (excluding diaryl/α,β-unsaturated/α-hetero) is 1. The van der Waals surface area contributed by atoms with Gasteiger partial charge in [0, 0.05) is 35.3 Å². The Bertz CT molecular complexity index is 964. The summed E-state index contributed by atoms with van der Waals surface area (Å²) < 4.78 is 0. The summed E-state index contributed by atoms with van der Waals surface area (Å²) in [7, 11) is 0. The Kier molecular flexibility index (Phi) is 5.53. The number of carbonyl (C=O) groups excluding carboxylic acids is 1. The van der Waals surface area contributed by atoms with E-state index < -0.39 is 0 Å². The van der Waals surface area contributed by atoms with Crippen molar-refractivity contribution in [2.45, 2.75) is 13.3 Å². The Morgan fingerprint density at radius 3 is 2.70 bits per heavy atom. The smallest absolute Gasteiger partial charge is 0.209 e. The maximum atomic E-state index is 12.4. The second-order valence-electron chi connectivity index (χ2n) is 6.22. The third-order valence-corrected chi connectivity index (χ3v) is 4.23. The molecule has 2 aromatic carbocycles. The highest BCUT2D eigenvalue weighted by Crippen LogP contribution is 2.14. The fraction of sp³-hybridized carbons (Fsp3) is 0.190. The first kappa shape index (κ1) is 18.2. The molecule has 6 nitrogen and oxygen atoms in total. The highest BCUT2D eigenvalue weighted by atomic mass is 16.1. The summed E-state index contributed by atoms with van der Waals surface area (Å²) in [5.74, 6) is 6.20. The standard InChI is InChI=1S/C21H21N5O/c1-14-13-15(4-9-18(14)20(27)19-10-12-25-26-19)3-2-11-24-17-7-5-16(6-8-17)21(22)23/h4-9,13,24-25H,10-12H2,1H3,(H3,22,23). The number of nitrogens with one attached hydrogen (secondary N) is 3. The van der Waals surface area contributed by atoms with Crippen molar-refractivity contribution < 1.29 is 4.79 Å². The Balaban J connectivity index is 1.60. The van der Waals surface area contributed by atoms with E-state index in [1.807, 2.05) is 37.3 Å². The molecular formula is C21H21N5O. The third kappa shape index (κ3) is 4.53. The van der Waals surface area contributed by atoms with Gasteiger partial charge < -0.3 is 16.5 Å². The van der Waals surface area contributed by atoms with Crippen LogP contribution in [0.2, 0.25) is 0 Å². The van der Waals surface area contributed by atoms with Crippen LogP contribution in [-0.2, 0) is 0 Å². The minimum atomic E-state index is -0.0207. The van der Waals surface area contributed by atoms with E-state index in [0.29, 0.717) is 36.3 Å². The minimum Gasteiger partial charge on any atom is -0.384 e. The lowest BCUT2D eigenvalue weighted by Gasteiger charge is -2.05. The van der Waals surface area contributed by atoms with Crippen LogP contribution in [0.1, 0.15) is 33.5 Å². The molecule has 136 valence electrons. The molecule has 0 saturated carbocycles. The second-order valence-corrected chi connectivity index (χ2v) is 6.22. The predicted molar refractivity (Wildman–Crippen MR) is 108 cm³/mol. The zero-order valence-corrected chi connectivity index (χ0v) is 15.1. The van der Waals surface area contributed by atoms with Gasteiger partial charge in [0.1, 0.15) is 11.5 Å². The van der Waals surface area contributed by atoms with E-state index in [0.717, 1.165) is 16.8 Å². The zero-order valence-electron chi connectivity index (χ0n) is 15.1. The highest BCUT2D eigenvalue weighted by molar-refractivity contribution is 6.46. The minimum absolute atomic E-state index is 0.0207. The molecule has 5 N–H and O–H groups in total. The van der Waals surface area contributed by atoms with Crippen LogP contribution in [0.3, 0.4) is 0 Å². The zero-order chi connectivity index (χ0) is 19.2. The van der Waals surface area contributed by atoms with Gasteiger partial charge in [-0.05, 0) is 55.0 Å². The van der Waals surface area contributed by atoms with Crippen LogP contribution in [0.15, 0.2) is 47.6 Å². The van der Waals surface area contributed by atoms with Crippen molar-refractivity contribution in [1.82, 2.24) is 5.43 Å². The van der Waals surface area contributed by atoms with Crippen molar-refractivity contribution >= 4 is 23.0 Å². The number of anilines is 1. The number of nitrogens with two attached hydrogens (primary N) is 1. The summed E-state index contributed by atoms with van der Waals surface area (Å²) in [5, 5.41) is 14.6. The monoisotopic (exact) mass is 359 g/mol. The molecular weight excluding hydrogens is 338 g/mol. The molecule has 27 heavy (non-hydrogen) atoms. The Labute approximate surface area is 158 Å². The molecule has 0 spiro atoms. The first-order valence-corrected chi connectivity index (χ1v) is 8.66. The SMILES string of the molecule is Cc1cc(C#CCNc2ccc(C(=N)N)cc2)ccc1C(=O)C1=NNCC1. The van der Waals surface area contributed by atoms with E-state index in [1.54, 1.807) is 12.1 Å². The summed E-state index contributed by atoms with van der Waals surface area (Å²) in [6.07, 6.45) is 0.666. The number of amidine groups is 1. The maximum absolute atomic E-state index is 12.4. The van der Waals surface area contributed by atoms with Gasteiger partial charge in [0.05, 0.1) is 6.54 Å². The largest absolute Gasteiger partial charge is 0.384 e. The lowest BCUT2D eigenvalue weighted by atomic mass is 9.98. The van der Waals surface area contributed by atoms with Gasteiger partial charge in [-0.25, -0.2) is 0 Å². The Hall–Kier alpha value is -3.59. The average Bonchev–Trinajstić information content (AvgIpc) is 3.20. The van der Waals surface area contributed by atoms with Crippen molar-refractivity contribution in [2.75, 3.05) is 18.4 Å². The van der Waals surface area contributed by atoms with E-state index >= 15 is 0 Å². The fourth-order valence-corrected chi connectivity index (χ4v) is 2.76. The summed E-state index contributed by atoms with van der Waals surface area (Å²) in [5.41, 5.74) is 12.9. The number of ketones is 1. The molecule has 0 radical (unpaired) electrons. The van der Waals surface area contributed by atoms with Crippen molar-refractivity contribution in [3.8, 4) is 11.8 Å². The van der Waals surface area contributed by atoms with Crippen LogP contribution in [0.5, 0.6) is 0 Å². The van der Waals surface area contributed by atoms with Gasteiger partial charge in [-0.3, -0.25) is 10.2 Å². The topological polar surface area (TPSA) is 103 Å². The van der Waals surface area contributed by atoms with E-state index in [2.05, 4.69) is 27.7 Å². The van der Waals surface area contributed by atoms with Gasteiger partial charge in [-0.15, -0.1) is 0 Å². The number of rotatable bonds is 5. The predicted octanol–water partition coefficient (Wildman–Crippen LogP) is 2.27. The van der Waals surface area contributed by atoms with Crippen molar-refractivity contribution in [1.29, 1.82) is 5.41 Å². The summed E-state index contributed by atoms with van der Waals surface area (Å²) in [6.45, 7) is 3.12. The molecule has 1 heterocycles. The van der Waals surface area contributed by atoms with Gasteiger partial charge in [-0.2, -0.15) is 5.10 Å². The average molecular weight is 359 g/mol. The number of nitrogens with zero attached hydrogens (tertiary/aromatic N) is 1. The van der Waals surface area contributed by atoms with Gasteiger partial charge in [0.25, 0.3) is 0 Å². The highest BCUT2D eigenvalue weighted by Gasteiger charge is 2.18. The van der Waals surface area contributed by atoms with Crippen molar-refractivity contribution in [3.05, 3.63) is 64.7 Å². The molecule has 0 aromatic heterocycles. The van der Waals surface area contributed by atoms with E-state index in [4.69, 9.17) is 11.1 Å². The normalized spacial score (nSPS) is 12.4. The molecule has 6 heteroatoms. The molecule has 0 bridgehead atoms. The molecule has 2 aromatic rings. The Morgan fingerprint density at radius 2 is 2.07 bits per heavy atom. The molecule has 1 aliphatic rings. The van der Waals surface area contributed by atoms with Crippen LogP contribution in [0.4, 0.5) is 5.69 Å². The van der Waals surface area contributed by atoms with Crippen LogP contribution >= 0.6 is 0 Å². The molecule has 3 rings (SSSR count). The quantitative estimate of drug-likeness (QED) is 0.285. The van der Waals surface area contributed by atoms with Crippen LogP contribution in [0.25, 0.3) is 0 Å². The first-order chi connectivity index (χ1) is 13.0. The van der Waals surface area contributed by atoms with Crippen LogP contribution in [-0.4, -0.2) is 30.4 Å². The van der Waals surface area contributed by atoms with Gasteiger partial charge in [0.15, 0.2) is 0 Å². The van der Waals surface area contributed by atoms with Crippen LogP contribution < -0.4 is 16.5 Å². The lowest BCUT2D eigenvalue weighted by Crippen LogP contribution is -2.13. The summed E-state index contributed by atoms with van der Waals surface area (Å²) >= 11 is 0.